The lowest BCUT2D eigenvalue weighted by Gasteiger charge is -2.07. The summed E-state index contributed by atoms with van der Waals surface area (Å²) >= 11 is 0. The molecule has 1 N–H and O–H groups in total. The lowest BCUT2D eigenvalue weighted by Crippen LogP contribution is -2.05. The molecule has 1 saturated carbocycles. The molecular weight excluding hydrogens is 158 g/mol. The van der Waals surface area contributed by atoms with Gasteiger partial charge in [-0.2, -0.15) is 0 Å². The van der Waals surface area contributed by atoms with E-state index in [1.165, 1.54) is 24.0 Å². The van der Waals surface area contributed by atoms with Gasteiger partial charge in [0.1, 0.15) is 0 Å². The molecule has 0 atom stereocenters. The average Bonchev–Trinajstić information content (AvgIpc) is 2.92. The Morgan fingerprint density at radius 2 is 2.15 bits per heavy atom. The normalized spacial score (nSPS) is 16.2. The summed E-state index contributed by atoms with van der Waals surface area (Å²) in [5.74, 6) is 0.872. The van der Waals surface area contributed by atoms with Crippen LogP contribution >= 0.6 is 0 Å². The SMILES string of the molecule is CNCc1ccc(C)c(C2CC2)c1. The van der Waals surface area contributed by atoms with Crippen LogP contribution < -0.4 is 5.32 Å². The molecule has 0 spiro atoms. The lowest BCUT2D eigenvalue weighted by molar-refractivity contribution is 0.815. The van der Waals surface area contributed by atoms with E-state index in [9.17, 15) is 0 Å². The first-order chi connectivity index (χ1) is 6.31. The van der Waals surface area contributed by atoms with Crippen LogP contribution in [0.2, 0.25) is 0 Å². The van der Waals surface area contributed by atoms with E-state index in [1.54, 1.807) is 5.56 Å². The molecule has 2 rings (SSSR count). The fourth-order valence-electron chi connectivity index (χ4n) is 1.84. The standard InChI is InChI=1S/C12H17N/c1-9-3-4-10(8-13-2)7-12(9)11-5-6-11/h3-4,7,11,13H,5-6,8H2,1-2H3. The fraction of sp³-hybridized carbons (Fsp3) is 0.500. The van der Waals surface area contributed by atoms with Crippen molar-refractivity contribution in [3.05, 3.63) is 34.9 Å². The van der Waals surface area contributed by atoms with Crippen molar-refractivity contribution >= 4 is 0 Å². The first-order valence-electron chi connectivity index (χ1n) is 5.05. The molecule has 70 valence electrons. The van der Waals surface area contributed by atoms with Crippen LogP contribution in [0.1, 0.15) is 35.4 Å². The van der Waals surface area contributed by atoms with Crippen LogP contribution in [0.25, 0.3) is 0 Å². The molecule has 1 aromatic carbocycles. The van der Waals surface area contributed by atoms with Crippen molar-refractivity contribution < 1.29 is 0 Å². The van der Waals surface area contributed by atoms with E-state index >= 15 is 0 Å². The van der Waals surface area contributed by atoms with Crippen LogP contribution in [0.4, 0.5) is 0 Å². The van der Waals surface area contributed by atoms with E-state index in [0.29, 0.717) is 0 Å². The van der Waals surface area contributed by atoms with Gasteiger partial charge in [-0.15, -0.1) is 0 Å². The second-order valence-electron chi connectivity index (χ2n) is 4.00. The van der Waals surface area contributed by atoms with Crippen molar-refractivity contribution in [2.24, 2.45) is 0 Å². The molecule has 0 aliphatic heterocycles. The molecule has 0 radical (unpaired) electrons. The van der Waals surface area contributed by atoms with Crippen molar-refractivity contribution in [3.8, 4) is 0 Å². The highest BCUT2D eigenvalue weighted by Crippen LogP contribution is 2.41. The van der Waals surface area contributed by atoms with Crippen LogP contribution in [-0.4, -0.2) is 7.05 Å². The first-order valence-corrected chi connectivity index (χ1v) is 5.05. The maximum Gasteiger partial charge on any atom is 0.0202 e. The van der Waals surface area contributed by atoms with Gasteiger partial charge in [0.05, 0.1) is 0 Å². The van der Waals surface area contributed by atoms with Gasteiger partial charge in [-0.3, -0.25) is 0 Å². The molecule has 0 saturated heterocycles. The number of hydrogen-bond acceptors (Lipinski definition) is 1. The largest absolute Gasteiger partial charge is 0.316 e. The zero-order chi connectivity index (χ0) is 9.26. The quantitative estimate of drug-likeness (QED) is 0.744. The molecule has 1 aliphatic rings. The number of rotatable bonds is 3. The van der Waals surface area contributed by atoms with Crippen molar-refractivity contribution in [3.63, 3.8) is 0 Å². The van der Waals surface area contributed by atoms with Crippen LogP contribution in [0.5, 0.6) is 0 Å². The summed E-state index contributed by atoms with van der Waals surface area (Å²) in [6.45, 7) is 3.21. The van der Waals surface area contributed by atoms with E-state index in [1.807, 2.05) is 7.05 Å². The monoisotopic (exact) mass is 175 g/mol. The van der Waals surface area contributed by atoms with Gasteiger partial charge in [-0.25, -0.2) is 0 Å². The summed E-state index contributed by atoms with van der Waals surface area (Å²) < 4.78 is 0. The molecular formula is C12H17N. The predicted octanol–water partition coefficient (Wildman–Crippen LogP) is 2.59. The van der Waals surface area contributed by atoms with Gasteiger partial charge in [0, 0.05) is 6.54 Å². The van der Waals surface area contributed by atoms with Crippen LogP contribution in [-0.2, 0) is 6.54 Å². The van der Waals surface area contributed by atoms with E-state index < -0.39 is 0 Å². The van der Waals surface area contributed by atoms with Gasteiger partial charge in [0.2, 0.25) is 0 Å². The van der Waals surface area contributed by atoms with Gasteiger partial charge in [0.25, 0.3) is 0 Å². The summed E-state index contributed by atoms with van der Waals surface area (Å²) in [5.41, 5.74) is 4.45. The third kappa shape index (κ3) is 1.92. The minimum Gasteiger partial charge on any atom is -0.316 e. The van der Waals surface area contributed by atoms with Gasteiger partial charge in [0.15, 0.2) is 0 Å². The smallest absolute Gasteiger partial charge is 0.0202 e. The zero-order valence-electron chi connectivity index (χ0n) is 8.43. The average molecular weight is 175 g/mol. The molecule has 13 heavy (non-hydrogen) atoms. The Hall–Kier alpha value is -0.820. The molecule has 0 heterocycles. The van der Waals surface area contributed by atoms with Gasteiger partial charge in [-0.1, -0.05) is 18.2 Å². The Morgan fingerprint density at radius 1 is 1.38 bits per heavy atom. The number of aryl methyl sites for hydroxylation is 1. The summed E-state index contributed by atoms with van der Waals surface area (Å²) in [7, 11) is 2.00. The van der Waals surface area contributed by atoms with Crippen molar-refractivity contribution in [2.75, 3.05) is 7.05 Å². The maximum absolute atomic E-state index is 3.19. The van der Waals surface area contributed by atoms with Gasteiger partial charge < -0.3 is 5.32 Å². The van der Waals surface area contributed by atoms with E-state index in [2.05, 4.69) is 30.4 Å². The molecule has 0 unspecified atom stereocenters. The lowest BCUT2D eigenvalue weighted by atomic mass is 10.0. The zero-order valence-corrected chi connectivity index (χ0v) is 8.43. The summed E-state index contributed by atoms with van der Waals surface area (Å²) in [4.78, 5) is 0. The highest BCUT2D eigenvalue weighted by Gasteiger charge is 2.24. The Balaban J connectivity index is 2.25. The number of nitrogens with one attached hydrogen (secondary N) is 1. The molecule has 1 nitrogen and oxygen atoms in total. The number of hydrogen-bond donors (Lipinski definition) is 1. The molecule has 1 fully saturated rings. The fourth-order valence-corrected chi connectivity index (χ4v) is 1.84. The highest BCUT2D eigenvalue weighted by atomic mass is 14.8. The second-order valence-corrected chi connectivity index (χ2v) is 4.00. The van der Waals surface area contributed by atoms with E-state index in [4.69, 9.17) is 0 Å². The van der Waals surface area contributed by atoms with Crippen molar-refractivity contribution in [1.82, 2.24) is 5.32 Å². The summed E-state index contributed by atoms with van der Waals surface area (Å²) in [5, 5.41) is 3.19. The summed E-state index contributed by atoms with van der Waals surface area (Å²) in [6, 6.07) is 6.83. The Labute approximate surface area is 80.2 Å². The Kier molecular flexibility index (Phi) is 2.36. The third-order valence-electron chi connectivity index (χ3n) is 2.74. The summed E-state index contributed by atoms with van der Waals surface area (Å²) in [6.07, 6.45) is 2.79. The molecule has 0 amide bonds. The predicted molar refractivity (Wildman–Crippen MR) is 55.9 cm³/mol. The molecule has 0 bridgehead atoms. The van der Waals surface area contributed by atoms with Crippen molar-refractivity contribution in [1.29, 1.82) is 0 Å². The minimum absolute atomic E-state index is 0.872. The Bertz CT molecular complexity index is 300. The molecule has 1 aromatic rings. The Morgan fingerprint density at radius 3 is 2.77 bits per heavy atom. The van der Waals surface area contributed by atoms with Gasteiger partial charge in [-0.05, 0) is 49.4 Å². The molecule has 1 heteroatoms. The van der Waals surface area contributed by atoms with E-state index in [0.717, 1.165) is 12.5 Å². The first kappa shape index (κ1) is 8.76. The van der Waals surface area contributed by atoms with Crippen molar-refractivity contribution in [2.45, 2.75) is 32.2 Å². The van der Waals surface area contributed by atoms with Crippen LogP contribution in [0.3, 0.4) is 0 Å². The minimum atomic E-state index is 0.872. The van der Waals surface area contributed by atoms with E-state index in [-0.39, 0.29) is 0 Å². The second kappa shape index (κ2) is 3.51. The molecule has 0 aromatic heterocycles. The topological polar surface area (TPSA) is 12.0 Å². The van der Waals surface area contributed by atoms with Crippen LogP contribution in [0.15, 0.2) is 18.2 Å². The molecule has 1 aliphatic carbocycles. The van der Waals surface area contributed by atoms with Gasteiger partial charge >= 0.3 is 0 Å². The van der Waals surface area contributed by atoms with Crippen LogP contribution in [0, 0.1) is 6.92 Å². The third-order valence-corrected chi connectivity index (χ3v) is 2.74. The number of benzene rings is 1. The maximum atomic E-state index is 3.19. The highest BCUT2D eigenvalue weighted by molar-refractivity contribution is 5.36.